The van der Waals surface area contributed by atoms with E-state index in [2.05, 4.69) is 4.98 Å². The van der Waals surface area contributed by atoms with Crippen LogP contribution in [0.15, 0.2) is 0 Å². The first-order valence-electron chi connectivity index (χ1n) is 3.49. The van der Waals surface area contributed by atoms with E-state index in [1.54, 1.807) is 11.3 Å². The van der Waals surface area contributed by atoms with Crippen LogP contribution in [0.2, 0.25) is 0 Å². The molecule has 0 radical (unpaired) electrons. The quantitative estimate of drug-likeness (QED) is 0.613. The second-order valence-corrected chi connectivity index (χ2v) is 3.92. The van der Waals surface area contributed by atoms with E-state index in [-0.39, 0.29) is 6.04 Å². The lowest BCUT2D eigenvalue weighted by atomic mass is 10.3. The Morgan fingerprint density at radius 1 is 1.70 bits per heavy atom. The van der Waals surface area contributed by atoms with Gasteiger partial charge in [0.25, 0.3) is 0 Å². The molecule has 10 heavy (non-hydrogen) atoms. The molecule has 2 nitrogen and oxygen atoms in total. The van der Waals surface area contributed by atoms with E-state index < -0.39 is 0 Å². The first-order valence-corrected chi connectivity index (χ1v) is 4.31. The number of rotatable bonds is 0. The van der Waals surface area contributed by atoms with Crippen LogP contribution in [-0.2, 0) is 6.42 Å². The van der Waals surface area contributed by atoms with Gasteiger partial charge in [-0.2, -0.15) is 0 Å². The third-order valence-corrected chi connectivity index (χ3v) is 3.01. The zero-order valence-corrected chi connectivity index (χ0v) is 6.74. The number of thiazole rings is 1. The molecule has 1 aromatic heterocycles. The molecule has 1 aromatic rings. The van der Waals surface area contributed by atoms with Gasteiger partial charge in [-0.1, -0.05) is 0 Å². The summed E-state index contributed by atoms with van der Waals surface area (Å²) < 4.78 is 0. The molecule has 1 atom stereocenters. The number of hydrogen-bond acceptors (Lipinski definition) is 3. The summed E-state index contributed by atoms with van der Waals surface area (Å²) in [6.07, 6.45) is 2.18. The molecule has 0 saturated carbocycles. The average Bonchev–Trinajstić information content (AvgIpc) is 2.35. The van der Waals surface area contributed by atoms with Gasteiger partial charge < -0.3 is 5.73 Å². The van der Waals surface area contributed by atoms with Crippen LogP contribution in [0.3, 0.4) is 0 Å². The topological polar surface area (TPSA) is 38.9 Å². The van der Waals surface area contributed by atoms with Crippen LogP contribution in [0.5, 0.6) is 0 Å². The van der Waals surface area contributed by atoms with Crippen molar-refractivity contribution < 1.29 is 0 Å². The molecule has 2 N–H and O–H groups in total. The van der Waals surface area contributed by atoms with Gasteiger partial charge in [-0.3, -0.25) is 0 Å². The van der Waals surface area contributed by atoms with Gasteiger partial charge in [0.05, 0.1) is 10.7 Å². The molecule has 2 rings (SSSR count). The lowest BCUT2D eigenvalue weighted by Crippen LogP contribution is -2.03. The minimum absolute atomic E-state index is 0.279. The van der Waals surface area contributed by atoms with E-state index in [1.165, 1.54) is 10.6 Å². The molecule has 54 valence electrons. The molecule has 1 unspecified atom stereocenters. The molecule has 0 bridgehead atoms. The summed E-state index contributed by atoms with van der Waals surface area (Å²) >= 11 is 1.75. The van der Waals surface area contributed by atoms with Crippen LogP contribution in [0, 0.1) is 6.92 Å². The molecule has 3 heteroatoms. The second kappa shape index (κ2) is 2.04. The first kappa shape index (κ1) is 6.31. The van der Waals surface area contributed by atoms with Crippen molar-refractivity contribution in [1.82, 2.24) is 4.98 Å². The summed E-state index contributed by atoms with van der Waals surface area (Å²) in [5, 5.41) is 1.15. The van der Waals surface area contributed by atoms with Crippen LogP contribution in [-0.4, -0.2) is 4.98 Å². The molecule has 0 amide bonds. The van der Waals surface area contributed by atoms with Gasteiger partial charge >= 0.3 is 0 Å². The summed E-state index contributed by atoms with van der Waals surface area (Å²) in [6.45, 7) is 2.04. The predicted molar refractivity (Wildman–Crippen MR) is 42.1 cm³/mol. The fraction of sp³-hybridized carbons (Fsp3) is 0.571. The Morgan fingerprint density at radius 3 is 3.20 bits per heavy atom. The minimum atomic E-state index is 0.279. The van der Waals surface area contributed by atoms with E-state index in [9.17, 15) is 0 Å². The molecule has 1 aliphatic carbocycles. The Balaban J connectivity index is 2.49. The number of nitrogens with two attached hydrogens (primary N) is 1. The van der Waals surface area contributed by atoms with E-state index in [4.69, 9.17) is 5.73 Å². The SMILES string of the molecule is Cc1nc2c(s1)C(N)CC2. The Labute approximate surface area is 64.1 Å². The molecular formula is C7H10N2S. The number of nitrogens with zero attached hydrogens (tertiary/aromatic N) is 1. The number of aryl methyl sites for hydroxylation is 2. The summed E-state index contributed by atoms with van der Waals surface area (Å²) in [5.41, 5.74) is 7.08. The maximum atomic E-state index is 5.83. The second-order valence-electron chi connectivity index (χ2n) is 2.69. The third kappa shape index (κ3) is 0.777. The van der Waals surface area contributed by atoms with Crippen molar-refractivity contribution in [2.45, 2.75) is 25.8 Å². The highest BCUT2D eigenvalue weighted by Gasteiger charge is 2.22. The van der Waals surface area contributed by atoms with Gasteiger partial charge in [-0.25, -0.2) is 4.98 Å². The summed E-state index contributed by atoms with van der Waals surface area (Å²) in [5.74, 6) is 0. The van der Waals surface area contributed by atoms with Crippen molar-refractivity contribution in [3.63, 3.8) is 0 Å². The van der Waals surface area contributed by atoms with E-state index in [0.29, 0.717) is 0 Å². The van der Waals surface area contributed by atoms with Gasteiger partial charge in [-0.05, 0) is 19.8 Å². The molecule has 0 spiro atoms. The number of aromatic nitrogens is 1. The van der Waals surface area contributed by atoms with Crippen molar-refractivity contribution in [2.75, 3.05) is 0 Å². The average molecular weight is 154 g/mol. The van der Waals surface area contributed by atoms with Gasteiger partial charge in [0, 0.05) is 10.9 Å². The van der Waals surface area contributed by atoms with Gasteiger partial charge in [0.2, 0.25) is 0 Å². The molecule has 0 saturated heterocycles. The highest BCUT2D eigenvalue weighted by atomic mass is 32.1. The van der Waals surface area contributed by atoms with E-state index in [1.807, 2.05) is 6.92 Å². The molecule has 1 heterocycles. The Kier molecular flexibility index (Phi) is 1.28. The zero-order valence-electron chi connectivity index (χ0n) is 5.92. The zero-order chi connectivity index (χ0) is 7.14. The van der Waals surface area contributed by atoms with E-state index in [0.717, 1.165) is 17.8 Å². The maximum Gasteiger partial charge on any atom is 0.0900 e. The summed E-state index contributed by atoms with van der Waals surface area (Å²) in [6, 6.07) is 0.279. The molecular weight excluding hydrogens is 144 g/mol. The van der Waals surface area contributed by atoms with Crippen molar-refractivity contribution in [2.24, 2.45) is 5.73 Å². The van der Waals surface area contributed by atoms with Gasteiger partial charge in [-0.15, -0.1) is 11.3 Å². The van der Waals surface area contributed by atoms with Crippen LogP contribution in [0.1, 0.15) is 28.0 Å². The van der Waals surface area contributed by atoms with Crippen LogP contribution in [0.4, 0.5) is 0 Å². The molecule has 0 aromatic carbocycles. The minimum Gasteiger partial charge on any atom is -0.323 e. The molecule has 1 aliphatic rings. The lowest BCUT2D eigenvalue weighted by molar-refractivity contribution is 0.718. The van der Waals surface area contributed by atoms with Crippen molar-refractivity contribution in [1.29, 1.82) is 0 Å². The number of fused-ring (bicyclic) bond motifs is 1. The third-order valence-electron chi connectivity index (χ3n) is 1.86. The monoisotopic (exact) mass is 154 g/mol. The van der Waals surface area contributed by atoms with Crippen molar-refractivity contribution in [3.05, 3.63) is 15.6 Å². The fourth-order valence-electron chi connectivity index (χ4n) is 1.38. The highest BCUT2D eigenvalue weighted by Crippen LogP contribution is 2.33. The van der Waals surface area contributed by atoms with Crippen LogP contribution in [0.25, 0.3) is 0 Å². The highest BCUT2D eigenvalue weighted by molar-refractivity contribution is 7.11. The molecule has 0 aliphatic heterocycles. The van der Waals surface area contributed by atoms with Crippen molar-refractivity contribution in [3.8, 4) is 0 Å². The van der Waals surface area contributed by atoms with Gasteiger partial charge in [0.15, 0.2) is 0 Å². The summed E-state index contributed by atoms with van der Waals surface area (Å²) in [7, 11) is 0. The Hall–Kier alpha value is -0.410. The fourth-order valence-corrected chi connectivity index (χ4v) is 2.39. The summed E-state index contributed by atoms with van der Waals surface area (Å²) in [4.78, 5) is 5.70. The Morgan fingerprint density at radius 2 is 2.50 bits per heavy atom. The lowest BCUT2D eigenvalue weighted by Gasteiger charge is -1.96. The van der Waals surface area contributed by atoms with Crippen molar-refractivity contribution >= 4 is 11.3 Å². The Bertz CT molecular complexity index is 254. The number of hydrogen-bond donors (Lipinski definition) is 1. The van der Waals surface area contributed by atoms with E-state index >= 15 is 0 Å². The smallest absolute Gasteiger partial charge is 0.0900 e. The molecule has 0 fully saturated rings. The first-order chi connectivity index (χ1) is 4.77. The predicted octanol–water partition coefficient (Wildman–Crippen LogP) is 1.40. The van der Waals surface area contributed by atoms with Crippen LogP contribution < -0.4 is 5.73 Å². The largest absolute Gasteiger partial charge is 0.323 e. The van der Waals surface area contributed by atoms with Gasteiger partial charge in [0.1, 0.15) is 0 Å². The maximum absolute atomic E-state index is 5.83. The standard InChI is InChI=1S/C7H10N2S/c1-4-9-6-3-2-5(8)7(6)10-4/h5H,2-3,8H2,1H3. The normalized spacial score (nSPS) is 23.2. The van der Waals surface area contributed by atoms with Crippen LogP contribution >= 0.6 is 11.3 Å².